The van der Waals surface area contributed by atoms with Crippen molar-refractivity contribution in [2.75, 3.05) is 19.6 Å². The molecule has 0 saturated carbocycles. The largest absolute Gasteiger partial charge is 0.294 e. The second-order valence-corrected chi connectivity index (χ2v) is 6.05. The fourth-order valence-electron chi connectivity index (χ4n) is 3.19. The molecule has 1 aliphatic heterocycles. The molecule has 1 unspecified atom stereocenters. The van der Waals surface area contributed by atoms with E-state index in [4.69, 9.17) is 0 Å². The van der Waals surface area contributed by atoms with Gasteiger partial charge in [0, 0.05) is 4.92 Å². The predicted molar refractivity (Wildman–Crippen MR) is 80.5 cm³/mol. The van der Waals surface area contributed by atoms with Crippen LogP contribution in [0.2, 0.25) is 0 Å². The summed E-state index contributed by atoms with van der Waals surface area (Å²) in [6.45, 7) is 6.16. The first-order valence-electron chi connectivity index (χ1n) is 7.48. The van der Waals surface area contributed by atoms with Gasteiger partial charge in [0.2, 0.25) is 6.54 Å². The van der Waals surface area contributed by atoms with Crippen LogP contribution in [0.1, 0.15) is 38.2 Å². The zero-order valence-electron chi connectivity index (χ0n) is 12.4. The molecule has 1 fully saturated rings. The van der Waals surface area contributed by atoms with Gasteiger partial charge in [-0.2, -0.15) is 0 Å². The van der Waals surface area contributed by atoms with Gasteiger partial charge < -0.3 is 0 Å². The van der Waals surface area contributed by atoms with Gasteiger partial charge >= 0.3 is 0 Å². The van der Waals surface area contributed by atoms with Gasteiger partial charge in [0.1, 0.15) is 0 Å². The van der Waals surface area contributed by atoms with Gasteiger partial charge in [0.15, 0.2) is 0 Å². The zero-order valence-corrected chi connectivity index (χ0v) is 12.4. The average Bonchev–Trinajstić information content (AvgIpc) is 2.45. The first-order chi connectivity index (χ1) is 9.58. The monoisotopic (exact) mass is 276 g/mol. The SMILES string of the molecule is CC(C)C(C[N+](=O)[O-])N1CCC(c2ccccc2)CC1. The Hall–Kier alpha value is -1.42. The van der Waals surface area contributed by atoms with Crippen LogP contribution in [-0.4, -0.2) is 35.5 Å². The normalized spacial score (nSPS) is 19.1. The van der Waals surface area contributed by atoms with Crippen molar-refractivity contribution in [2.45, 2.75) is 38.6 Å². The van der Waals surface area contributed by atoms with Gasteiger partial charge in [-0.15, -0.1) is 0 Å². The number of hydrogen-bond donors (Lipinski definition) is 0. The van der Waals surface area contributed by atoms with E-state index in [0.29, 0.717) is 11.8 Å². The van der Waals surface area contributed by atoms with Crippen LogP contribution < -0.4 is 0 Å². The third kappa shape index (κ3) is 3.79. The number of likely N-dealkylation sites (tertiary alicyclic amines) is 1. The number of nitrogens with zero attached hydrogens (tertiary/aromatic N) is 2. The maximum absolute atomic E-state index is 10.8. The molecular formula is C16H24N2O2. The van der Waals surface area contributed by atoms with Crippen molar-refractivity contribution < 1.29 is 4.92 Å². The molecule has 1 aromatic carbocycles. The van der Waals surface area contributed by atoms with Gasteiger partial charge in [-0.1, -0.05) is 44.2 Å². The number of benzene rings is 1. The van der Waals surface area contributed by atoms with E-state index in [1.807, 2.05) is 6.07 Å². The fraction of sp³-hybridized carbons (Fsp3) is 0.625. The molecule has 4 nitrogen and oxygen atoms in total. The molecule has 110 valence electrons. The molecule has 4 heteroatoms. The molecule has 1 heterocycles. The smallest absolute Gasteiger partial charge is 0.219 e. The molecule has 0 aromatic heterocycles. The van der Waals surface area contributed by atoms with Gasteiger partial charge in [0.05, 0.1) is 6.04 Å². The maximum atomic E-state index is 10.8. The molecule has 1 aliphatic rings. The third-order valence-electron chi connectivity index (χ3n) is 4.38. The summed E-state index contributed by atoms with van der Waals surface area (Å²) in [5.74, 6) is 0.935. The van der Waals surface area contributed by atoms with Crippen LogP contribution in [-0.2, 0) is 0 Å². The van der Waals surface area contributed by atoms with Gasteiger partial charge in [-0.3, -0.25) is 15.0 Å². The minimum absolute atomic E-state index is 0.0632. The van der Waals surface area contributed by atoms with Crippen LogP contribution in [0.15, 0.2) is 30.3 Å². The Balaban J connectivity index is 1.94. The number of rotatable bonds is 5. The molecule has 1 atom stereocenters. The minimum Gasteiger partial charge on any atom is -0.294 e. The summed E-state index contributed by atoms with van der Waals surface area (Å²) in [6.07, 6.45) is 2.20. The fourth-order valence-corrected chi connectivity index (χ4v) is 3.19. The summed E-state index contributed by atoms with van der Waals surface area (Å²) in [5, 5.41) is 10.8. The zero-order chi connectivity index (χ0) is 14.5. The Kier molecular flexibility index (Phi) is 5.12. The van der Waals surface area contributed by atoms with Crippen molar-refractivity contribution in [1.82, 2.24) is 4.90 Å². The van der Waals surface area contributed by atoms with Crippen molar-refractivity contribution in [3.63, 3.8) is 0 Å². The molecule has 1 saturated heterocycles. The number of piperidine rings is 1. The van der Waals surface area contributed by atoms with Crippen LogP contribution in [0.5, 0.6) is 0 Å². The van der Waals surface area contributed by atoms with Crippen LogP contribution in [0.4, 0.5) is 0 Å². The predicted octanol–water partition coefficient (Wildman–Crippen LogP) is 3.17. The second kappa shape index (κ2) is 6.84. The van der Waals surface area contributed by atoms with Crippen LogP contribution in [0.3, 0.4) is 0 Å². The quantitative estimate of drug-likeness (QED) is 0.613. The molecule has 0 amide bonds. The lowest BCUT2D eigenvalue weighted by molar-refractivity contribution is -0.488. The van der Waals surface area contributed by atoms with E-state index in [0.717, 1.165) is 25.9 Å². The van der Waals surface area contributed by atoms with Gasteiger partial charge in [0.25, 0.3) is 0 Å². The topological polar surface area (TPSA) is 46.4 Å². The van der Waals surface area contributed by atoms with Crippen molar-refractivity contribution >= 4 is 0 Å². The van der Waals surface area contributed by atoms with Gasteiger partial charge in [-0.25, -0.2) is 0 Å². The lowest BCUT2D eigenvalue weighted by Gasteiger charge is -2.37. The van der Waals surface area contributed by atoms with E-state index >= 15 is 0 Å². The van der Waals surface area contributed by atoms with Crippen LogP contribution >= 0.6 is 0 Å². The van der Waals surface area contributed by atoms with Crippen LogP contribution in [0.25, 0.3) is 0 Å². The lowest BCUT2D eigenvalue weighted by atomic mass is 9.88. The molecule has 0 bridgehead atoms. The Labute approximate surface area is 120 Å². The molecule has 1 aromatic rings. The summed E-state index contributed by atoms with van der Waals surface area (Å²) in [4.78, 5) is 13.0. The van der Waals surface area contributed by atoms with Crippen LogP contribution in [0, 0.1) is 16.0 Å². The van der Waals surface area contributed by atoms with E-state index in [-0.39, 0.29) is 17.5 Å². The van der Waals surface area contributed by atoms with E-state index in [1.165, 1.54) is 5.56 Å². The Bertz CT molecular complexity index is 425. The summed E-state index contributed by atoms with van der Waals surface area (Å²) in [5.41, 5.74) is 1.41. The molecule has 0 radical (unpaired) electrons. The molecular weight excluding hydrogens is 252 g/mol. The van der Waals surface area contributed by atoms with Crippen molar-refractivity contribution in [1.29, 1.82) is 0 Å². The van der Waals surface area contributed by atoms with E-state index in [1.54, 1.807) is 0 Å². The molecule has 20 heavy (non-hydrogen) atoms. The third-order valence-corrected chi connectivity index (χ3v) is 4.38. The molecule has 0 N–H and O–H groups in total. The Morgan fingerprint density at radius 3 is 2.35 bits per heavy atom. The highest BCUT2D eigenvalue weighted by Gasteiger charge is 2.30. The highest BCUT2D eigenvalue weighted by molar-refractivity contribution is 5.20. The highest BCUT2D eigenvalue weighted by Crippen LogP contribution is 2.29. The lowest BCUT2D eigenvalue weighted by Crippen LogP contribution is -2.47. The maximum Gasteiger partial charge on any atom is 0.219 e. The van der Waals surface area contributed by atoms with E-state index in [9.17, 15) is 10.1 Å². The number of nitro groups is 1. The van der Waals surface area contributed by atoms with E-state index in [2.05, 4.69) is 43.0 Å². The first-order valence-corrected chi connectivity index (χ1v) is 7.48. The highest BCUT2D eigenvalue weighted by atomic mass is 16.6. The average molecular weight is 276 g/mol. The van der Waals surface area contributed by atoms with Crippen molar-refractivity contribution in [2.24, 2.45) is 5.92 Å². The molecule has 2 rings (SSSR count). The first kappa shape index (κ1) is 15.0. The molecule has 0 spiro atoms. The number of hydrogen-bond acceptors (Lipinski definition) is 3. The second-order valence-electron chi connectivity index (χ2n) is 6.05. The summed E-state index contributed by atoms with van der Waals surface area (Å²) in [6, 6.07) is 10.7. The Morgan fingerprint density at radius 1 is 1.25 bits per heavy atom. The van der Waals surface area contributed by atoms with E-state index < -0.39 is 0 Å². The molecule has 0 aliphatic carbocycles. The Morgan fingerprint density at radius 2 is 1.85 bits per heavy atom. The van der Waals surface area contributed by atoms with Crippen molar-refractivity contribution in [3.8, 4) is 0 Å². The van der Waals surface area contributed by atoms with Crippen molar-refractivity contribution in [3.05, 3.63) is 46.0 Å². The van der Waals surface area contributed by atoms with Gasteiger partial charge in [-0.05, 0) is 43.3 Å². The summed E-state index contributed by atoms with van der Waals surface area (Å²) >= 11 is 0. The summed E-state index contributed by atoms with van der Waals surface area (Å²) in [7, 11) is 0. The summed E-state index contributed by atoms with van der Waals surface area (Å²) < 4.78 is 0. The minimum atomic E-state index is -0.173. The standard InChI is InChI=1S/C16H24N2O2/c1-13(2)16(12-18(19)20)17-10-8-15(9-11-17)14-6-4-3-5-7-14/h3-7,13,15-16H,8-12H2,1-2H3.